The Morgan fingerprint density at radius 2 is 1.22 bits per heavy atom. The molecule has 0 aromatic heterocycles. The average molecular weight is 362 g/mol. The van der Waals surface area contributed by atoms with E-state index >= 15 is 0 Å². The van der Waals surface area contributed by atoms with E-state index in [2.05, 4.69) is 53.2 Å². The molecule has 3 nitrogen and oxygen atoms in total. The summed E-state index contributed by atoms with van der Waals surface area (Å²) < 4.78 is 14.7. The van der Waals surface area contributed by atoms with Crippen molar-refractivity contribution in [3.63, 3.8) is 0 Å². The van der Waals surface area contributed by atoms with Crippen LogP contribution in [0.1, 0.15) is 48.0 Å². The smallest absolute Gasteiger partial charge is 0.192 e. The lowest BCUT2D eigenvalue weighted by Gasteiger charge is -2.38. The van der Waals surface area contributed by atoms with Crippen LogP contribution in [-0.4, -0.2) is 54.5 Å². The first-order valence-corrected chi connectivity index (χ1v) is 15.0. The topological polar surface area (TPSA) is 21.7 Å². The van der Waals surface area contributed by atoms with Gasteiger partial charge in [0.05, 0.1) is 13.2 Å². The molecule has 0 saturated carbocycles. The van der Waals surface area contributed by atoms with Gasteiger partial charge in [0.25, 0.3) is 0 Å². The highest BCUT2D eigenvalue weighted by Crippen LogP contribution is 2.23. The Hall–Kier alpha value is 0.314. The highest BCUT2D eigenvalue weighted by molar-refractivity contribution is 6.77. The number of hydrogen-bond acceptors (Lipinski definition) is 3. The summed E-state index contributed by atoms with van der Waals surface area (Å²) >= 11 is 0. The molecule has 0 aliphatic rings. The third-order valence-corrected chi connectivity index (χ3v) is 16.6. The van der Waals surface area contributed by atoms with E-state index in [4.69, 9.17) is 9.16 Å². The molecule has 0 amide bonds. The predicted molar refractivity (Wildman–Crippen MR) is 108 cm³/mol. The van der Waals surface area contributed by atoms with Gasteiger partial charge in [0.15, 0.2) is 8.32 Å². The van der Waals surface area contributed by atoms with Gasteiger partial charge in [0.1, 0.15) is 8.24 Å². The van der Waals surface area contributed by atoms with E-state index in [0.29, 0.717) is 0 Å². The zero-order valence-electron chi connectivity index (χ0n) is 17.0. The van der Waals surface area contributed by atoms with Crippen molar-refractivity contribution >= 4 is 16.6 Å². The summed E-state index contributed by atoms with van der Waals surface area (Å²) in [5.41, 5.74) is 0. The van der Waals surface area contributed by atoms with Gasteiger partial charge < -0.3 is 13.7 Å². The Labute approximate surface area is 148 Å². The molecule has 0 aromatic carbocycles. The van der Waals surface area contributed by atoms with Gasteiger partial charge >= 0.3 is 0 Å². The molecule has 0 aliphatic carbocycles. The number of nitrogens with zero attached hydrogens (tertiary/aromatic N) is 1. The minimum absolute atomic E-state index is 0.760. The number of hydrogen-bond donors (Lipinski definition) is 0. The summed E-state index contributed by atoms with van der Waals surface area (Å²) in [6, 6.07) is 7.77. The second kappa shape index (κ2) is 12.6. The molecule has 23 heavy (non-hydrogen) atoms. The maximum atomic E-state index is 6.22. The lowest BCUT2D eigenvalue weighted by Crippen LogP contribution is -2.50. The number of rotatable bonds is 15. The van der Waals surface area contributed by atoms with Crippen LogP contribution in [0.15, 0.2) is 0 Å². The molecule has 0 rings (SSSR count). The van der Waals surface area contributed by atoms with Gasteiger partial charge in [-0.15, -0.1) is 0 Å². The molecule has 0 heterocycles. The van der Waals surface area contributed by atoms with Crippen molar-refractivity contribution in [3.05, 3.63) is 0 Å². The zero-order valence-corrected chi connectivity index (χ0v) is 19.0. The van der Waals surface area contributed by atoms with Crippen molar-refractivity contribution in [2.24, 2.45) is 0 Å². The quantitative estimate of drug-likeness (QED) is 0.290. The van der Waals surface area contributed by atoms with Crippen LogP contribution in [0.5, 0.6) is 0 Å². The molecule has 0 fully saturated rings. The second-order valence-electron chi connectivity index (χ2n) is 6.76. The highest BCUT2D eigenvalue weighted by Gasteiger charge is 2.31. The molecule has 0 spiro atoms. The zero-order chi connectivity index (χ0) is 17.8. The normalized spacial score (nSPS) is 13.0. The monoisotopic (exact) mass is 361 g/mol. The molecule has 0 aromatic rings. The first kappa shape index (κ1) is 23.3. The summed E-state index contributed by atoms with van der Waals surface area (Å²) in [4.78, 5) is 0. The number of ether oxygens (including phenoxy) is 1. The van der Waals surface area contributed by atoms with E-state index in [0.717, 1.165) is 26.2 Å². The van der Waals surface area contributed by atoms with Crippen molar-refractivity contribution in [1.82, 2.24) is 4.57 Å². The van der Waals surface area contributed by atoms with Crippen LogP contribution >= 0.6 is 0 Å². The first-order valence-electron chi connectivity index (χ1n) is 9.92. The third kappa shape index (κ3) is 7.38. The molecule has 5 heteroatoms. The standard InChI is InChI=1S/C18H43NO2Si2/c1-8-22(9-2,10-3)19(7)15-14-16-20-17-18-21-23(11-4,12-5)13-6/h8-18H2,1-7H3. The summed E-state index contributed by atoms with van der Waals surface area (Å²) in [7, 11) is -0.274. The average Bonchev–Trinajstić information content (AvgIpc) is 2.60. The van der Waals surface area contributed by atoms with Gasteiger partial charge in [-0.05, 0) is 56.3 Å². The summed E-state index contributed by atoms with van der Waals surface area (Å²) in [5, 5.41) is 0. The van der Waals surface area contributed by atoms with Crippen molar-refractivity contribution in [2.75, 3.05) is 33.4 Å². The molecule has 0 saturated heterocycles. The molecule has 0 unspecified atom stereocenters. The Morgan fingerprint density at radius 1 is 0.696 bits per heavy atom. The fourth-order valence-corrected chi connectivity index (χ4v) is 10.1. The van der Waals surface area contributed by atoms with Crippen molar-refractivity contribution in [2.45, 2.75) is 84.2 Å². The molecule has 0 N–H and O–H groups in total. The van der Waals surface area contributed by atoms with Crippen LogP contribution in [0.4, 0.5) is 0 Å². The van der Waals surface area contributed by atoms with Gasteiger partial charge in [0.2, 0.25) is 0 Å². The minimum Gasteiger partial charge on any atom is -0.414 e. The maximum absolute atomic E-state index is 6.22. The van der Waals surface area contributed by atoms with E-state index in [1.165, 1.54) is 42.8 Å². The molecule has 0 atom stereocenters. The molecular formula is C18H43NO2Si2. The first-order chi connectivity index (χ1) is 11.0. The molecule has 0 radical (unpaired) electrons. The lowest BCUT2D eigenvalue weighted by molar-refractivity contribution is 0.0926. The Kier molecular flexibility index (Phi) is 12.8. The molecule has 0 bridgehead atoms. The summed E-state index contributed by atoms with van der Waals surface area (Å²) in [6.07, 6.45) is 1.14. The van der Waals surface area contributed by atoms with Crippen LogP contribution in [0.3, 0.4) is 0 Å². The van der Waals surface area contributed by atoms with Crippen molar-refractivity contribution in [1.29, 1.82) is 0 Å². The van der Waals surface area contributed by atoms with Gasteiger partial charge in [0, 0.05) is 6.61 Å². The fourth-order valence-electron chi connectivity index (χ4n) is 3.68. The Bertz CT molecular complexity index is 266. The maximum Gasteiger partial charge on any atom is 0.192 e. The molecule has 140 valence electrons. The predicted octanol–water partition coefficient (Wildman–Crippen LogP) is 5.35. The van der Waals surface area contributed by atoms with Crippen molar-refractivity contribution in [3.8, 4) is 0 Å². The minimum atomic E-state index is -1.43. The third-order valence-electron chi connectivity index (χ3n) is 6.14. The molecular weight excluding hydrogens is 318 g/mol. The highest BCUT2D eigenvalue weighted by atomic mass is 28.4. The van der Waals surface area contributed by atoms with Gasteiger partial charge in [-0.3, -0.25) is 0 Å². The molecule has 0 aliphatic heterocycles. The summed E-state index contributed by atoms with van der Waals surface area (Å²) in [6.45, 7) is 17.5. The van der Waals surface area contributed by atoms with Gasteiger partial charge in [-0.2, -0.15) is 0 Å². The van der Waals surface area contributed by atoms with Crippen molar-refractivity contribution < 1.29 is 9.16 Å². The Balaban J connectivity index is 3.89. The van der Waals surface area contributed by atoms with Gasteiger partial charge in [-0.25, -0.2) is 0 Å². The van der Waals surface area contributed by atoms with Crippen LogP contribution < -0.4 is 0 Å². The lowest BCUT2D eigenvalue weighted by atomic mass is 10.4. The van der Waals surface area contributed by atoms with E-state index in [-0.39, 0.29) is 0 Å². The van der Waals surface area contributed by atoms with E-state index < -0.39 is 16.6 Å². The second-order valence-corrected chi connectivity index (χ2v) is 16.9. The van der Waals surface area contributed by atoms with Gasteiger partial charge in [-0.1, -0.05) is 41.5 Å². The van der Waals surface area contributed by atoms with Crippen LogP contribution in [-0.2, 0) is 9.16 Å². The van der Waals surface area contributed by atoms with Crippen LogP contribution in [0.2, 0.25) is 36.3 Å². The van der Waals surface area contributed by atoms with Crippen LogP contribution in [0.25, 0.3) is 0 Å². The van der Waals surface area contributed by atoms with E-state index in [1.807, 2.05) is 0 Å². The van der Waals surface area contributed by atoms with Crippen LogP contribution in [0, 0.1) is 0 Å². The summed E-state index contributed by atoms with van der Waals surface area (Å²) in [5.74, 6) is 0. The largest absolute Gasteiger partial charge is 0.414 e. The van der Waals surface area contributed by atoms with E-state index in [9.17, 15) is 0 Å². The Morgan fingerprint density at radius 3 is 1.65 bits per heavy atom. The van der Waals surface area contributed by atoms with E-state index in [1.54, 1.807) is 0 Å². The fraction of sp³-hybridized carbons (Fsp3) is 1.00. The SMILES string of the molecule is CC[Si](CC)(CC)OCCOCCCN(C)[Si](CC)(CC)CC.